The molecule has 0 spiro atoms. The van der Waals surface area contributed by atoms with Gasteiger partial charge in [-0.15, -0.1) is 0 Å². The van der Waals surface area contributed by atoms with E-state index >= 15 is 0 Å². The van der Waals surface area contributed by atoms with Gasteiger partial charge in [-0.3, -0.25) is 4.79 Å². The molecule has 1 aromatic rings. The van der Waals surface area contributed by atoms with Crippen LogP contribution in [0, 0.1) is 17.5 Å². The van der Waals surface area contributed by atoms with Gasteiger partial charge in [0, 0.05) is 18.2 Å². The fraction of sp³-hybridized carbons (Fsp3) is 0.364. The number of hydrogen-bond acceptors (Lipinski definition) is 3. The molecule has 0 bridgehead atoms. The number of nitrogens with zero attached hydrogens (tertiary/aromatic N) is 1. The number of hydrogen-bond donors (Lipinski definition) is 1. The van der Waals surface area contributed by atoms with Crippen LogP contribution < -0.4 is 0 Å². The molecule has 0 aromatic heterocycles. The van der Waals surface area contributed by atoms with E-state index in [1.807, 2.05) is 0 Å². The van der Waals surface area contributed by atoms with Crippen molar-refractivity contribution in [3.63, 3.8) is 0 Å². The van der Waals surface area contributed by atoms with Gasteiger partial charge in [0.15, 0.2) is 4.90 Å². The Bertz CT molecular complexity index is 608. The molecule has 0 unspecified atom stereocenters. The molecule has 0 atom stereocenters. The lowest BCUT2D eigenvalue weighted by atomic mass is 10.3. The monoisotopic (exact) mass is 311 g/mol. The molecule has 20 heavy (non-hydrogen) atoms. The molecule has 0 radical (unpaired) electrons. The first-order valence-corrected chi connectivity index (χ1v) is 6.89. The molecule has 9 heteroatoms. The second-order valence-electron chi connectivity index (χ2n) is 4.24. The maximum absolute atomic E-state index is 13.5. The van der Waals surface area contributed by atoms with Gasteiger partial charge in [0.25, 0.3) is 0 Å². The second kappa shape index (κ2) is 5.80. The first kappa shape index (κ1) is 16.4. The third-order valence-electron chi connectivity index (χ3n) is 2.40. The van der Waals surface area contributed by atoms with E-state index in [4.69, 9.17) is 5.11 Å². The predicted octanol–water partition coefficient (Wildman–Crippen LogP) is 1.59. The summed E-state index contributed by atoms with van der Waals surface area (Å²) in [6, 6.07) is -0.412. The van der Waals surface area contributed by atoms with E-state index in [9.17, 15) is 26.4 Å². The molecule has 1 aromatic carbocycles. The minimum Gasteiger partial charge on any atom is -0.480 e. The summed E-state index contributed by atoms with van der Waals surface area (Å²) in [7, 11) is -4.74. The first-order chi connectivity index (χ1) is 9.07. The van der Waals surface area contributed by atoms with Crippen molar-refractivity contribution in [2.24, 2.45) is 0 Å². The summed E-state index contributed by atoms with van der Waals surface area (Å²) in [4.78, 5) is 9.30. The van der Waals surface area contributed by atoms with E-state index in [0.717, 1.165) is 0 Å². The normalized spacial score (nSPS) is 12.2. The molecule has 5 nitrogen and oxygen atoms in total. The zero-order valence-electron chi connectivity index (χ0n) is 10.6. The number of carboxylic acid groups (broad SMARTS) is 1. The molecule has 0 amide bonds. The Labute approximate surface area is 113 Å². The summed E-state index contributed by atoms with van der Waals surface area (Å²) in [6.07, 6.45) is 0. The van der Waals surface area contributed by atoms with Gasteiger partial charge in [0.2, 0.25) is 10.0 Å². The molecule has 112 valence electrons. The van der Waals surface area contributed by atoms with Crippen molar-refractivity contribution in [2.75, 3.05) is 6.54 Å². The van der Waals surface area contributed by atoms with Crippen molar-refractivity contribution in [3.05, 3.63) is 29.6 Å². The summed E-state index contributed by atoms with van der Waals surface area (Å²) in [5.74, 6) is -5.98. The average Bonchev–Trinajstić information content (AvgIpc) is 2.22. The number of sulfonamides is 1. The Balaban J connectivity index is 3.45. The van der Waals surface area contributed by atoms with E-state index in [1.54, 1.807) is 0 Å². The molecule has 0 aliphatic carbocycles. The van der Waals surface area contributed by atoms with Crippen LogP contribution in [-0.4, -0.2) is 36.4 Å². The van der Waals surface area contributed by atoms with Crippen molar-refractivity contribution in [1.29, 1.82) is 0 Å². The lowest BCUT2D eigenvalue weighted by Crippen LogP contribution is -2.41. The topological polar surface area (TPSA) is 74.7 Å². The van der Waals surface area contributed by atoms with E-state index in [1.165, 1.54) is 13.8 Å². The smallest absolute Gasteiger partial charge is 0.318 e. The summed E-state index contributed by atoms with van der Waals surface area (Å²) < 4.78 is 64.5. The lowest BCUT2D eigenvalue weighted by Gasteiger charge is -2.24. The number of aliphatic carboxylic acids is 1. The summed E-state index contributed by atoms with van der Waals surface area (Å²) in [5, 5.41) is 8.67. The van der Waals surface area contributed by atoms with E-state index in [0.29, 0.717) is 4.31 Å². The second-order valence-corrected chi connectivity index (χ2v) is 6.06. The van der Waals surface area contributed by atoms with Gasteiger partial charge in [-0.25, -0.2) is 21.6 Å². The lowest BCUT2D eigenvalue weighted by molar-refractivity contribution is -0.137. The van der Waals surface area contributed by atoms with Gasteiger partial charge in [-0.1, -0.05) is 0 Å². The molecule has 0 aliphatic heterocycles. The zero-order valence-corrected chi connectivity index (χ0v) is 11.4. The highest BCUT2D eigenvalue weighted by molar-refractivity contribution is 7.89. The standard InChI is InChI=1S/C11H12F3NO4S/c1-6(2)15(5-10(16)17)20(18,19)11-8(13)3-7(12)4-9(11)14/h3-4,6H,5H2,1-2H3,(H,16,17). The number of rotatable bonds is 5. The van der Waals surface area contributed by atoms with E-state index in [2.05, 4.69) is 0 Å². The van der Waals surface area contributed by atoms with E-state index < -0.39 is 50.9 Å². The highest BCUT2D eigenvalue weighted by Crippen LogP contribution is 2.25. The minimum atomic E-state index is -4.74. The van der Waals surface area contributed by atoms with Crippen molar-refractivity contribution in [1.82, 2.24) is 4.31 Å². The molecule has 1 N–H and O–H groups in total. The average molecular weight is 311 g/mol. The summed E-state index contributed by atoms with van der Waals surface area (Å²) in [5.41, 5.74) is 0. The van der Waals surface area contributed by atoms with E-state index in [-0.39, 0.29) is 12.1 Å². The van der Waals surface area contributed by atoms with Gasteiger partial charge in [-0.05, 0) is 13.8 Å². The zero-order chi connectivity index (χ0) is 15.7. The minimum absolute atomic E-state index is 0.217. The molecule has 0 saturated heterocycles. The SMILES string of the molecule is CC(C)N(CC(=O)O)S(=O)(=O)c1c(F)cc(F)cc1F. The molecular weight excluding hydrogens is 299 g/mol. The fourth-order valence-corrected chi connectivity index (χ4v) is 3.25. The van der Waals surface area contributed by atoms with Crippen LogP contribution in [0.5, 0.6) is 0 Å². The number of carbonyl (C=O) groups is 1. The van der Waals surface area contributed by atoms with Gasteiger partial charge in [0.05, 0.1) is 0 Å². The molecule has 0 saturated carbocycles. The third-order valence-corrected chi connectivity index (χ3v) is 4.47. The predicted molar refractivity (Wildman–Crippen MR) is 63.0 cm³/mol. The van der Waals surface area contributed by atoms with Gasteiger partial charge in [0.1, 0.15) is 24.0 Å². The fourth-order valence-electron chi connectivity index (χ4n) is 1.57. The maximum atomic E-state index is 13.5. The van der Waals surface area contributed by atoms with Crippen LogP contribution in [0.25, 0.3) is 0 Å². The number of benzene rings is 1. The van der Waals surface area contributed by atoms with Crippen molar-refractivity contribution in [3.8, 4) is 0 Å². The third kappa shape index (κ3) is 3.28. The highest BCUT2D eigenvalue weighted by Gasteiger charge is 2.34. The number of halogens is 3. The Kier molecular flexibility index (Phi) is 4.77. The summed E-state index contributed by atoms with van der Waals surface area (Å²) >= 11 is 0. The Morgan fingerprint density at radius 3 is 2.05 bits per heavy atom. The van der Waals surface area contributed by atoms with Gasteiger partial charge >= 0.3 is 5.97 Å². The van der Waals surface area contributed by atoms with Crippen molar-refractivity contribution >= 4 is 16.0 Å². The molecule has 1 rings (SSSR count). The summed E-state index contributed by atoms with van der Waals surface area (Å²) in [6.45, 7) is 1.73. The Hall–Kier alpha value is -1.61. The van der Waals surface area contributed by atoms with Crippen LogP contribution in [-0.2, 0) is 14.8 Å². The first-order valence-electron chi connectivity index (χ1n) is 5.45. The molecule has 0 heterocycles. The van der Waals surface area contributed by atoms with Crippen LogP contribution >= 0.6 is 0 Å². The molecule has 0 aliphatic rings. The van der Waals surface area contributed by atoms with Gasteiger partial charge in [-0.2, -0.15) is 4.31 Å². The van der Waals surface area contributed by atoms with Crippen LogP contribution in [0.4, 0.5) is 13.2 Å². The number of carboxylic acids is 1. The largest absolute Gasteiger partial charge is 0.480 e. The van der Waals surface area contributed by atoms with Crippen LogP contribution in [0.1, 0.15) is 13.8 Å². The quantitative estimate of drug-likeness (QED) is 0.896. The van der Waals surface area contributed by atoms with Crippen molar-refractivity contribution in [2.45, 2.75) is 24.8 Å². The van der Waals surface area contributed by atoms with Crippen LogP contribution in [0.3, 0.4) is 0 Å². The molecule has 0 fully saturated rings. The van der Waals surface area contributed by atoms with Crippen LogP contribution in [0.2, 0.25) is 0 Å². The van der Waals surface area contributed by atoms with Gasteiger partial charge < -0.3 is 5.11 Å². The molecular formula is C11H12F3NO4S. The maximum Gasteiger partial charge on any atom is 0.318 e. The Morgan fingerprint density at radius 2 is 1.70 bits per heavy atom. The van der Waals surface area contributed by atoms with Crippen LogP contribution in [0.15, 0.2) is 17.0 Å². The van der Waals surface area contributed by atoms with Crippen molar-refractivity contribution < 1.29 is 31.5 Å². The highest BCUT2D eigenvalue weighted by atomic mass is 32.2. The Morgan fingerprint density at radius 1 is 1.25 bits per heavy atom.